The van der Waals surface area contributed by atoms with E-state index >= 15 is 0 Å². The van der Waals surface area contributed by atoms with Crippen LogP contribution in [0.1, 0.15) is 89.2 Å². The molecule has 2 nitrogen and oxygen atoms in total. The van der Waals surface area contributed by atoms with Gasteiger partial charge in [0.2, 0.25) is 0 Å². The lowest BCUT2D eigenvalue weighted by Gasteiger charge is -2.37. The topological polar surface area (TPSA) is 33.0 Å². The van der Waals surface area contributed by atoms with Crippen LogP contribution in [0.2, 0.25) is 0 Å². The van der Waals surface area contributed by atoms with Crippen LogP contribution in [-0.4, -0.2) is 6.10 Å². The van der Waals surface area contributed by atoms with Crippen molar-refractivity contribution in [3.8, 4) is 11.8 Å². The second-order valence-electron chi connectivity index (χ2n) is 8.66. The van der Waals surface area contributed by atoms with Crippen molar-refractivity contribution in [2.24, 2.45) is 5.92 Å². The van der Waals surface area contributed by atoms with E-state index in [-0.39, 0.29) is 5.41 Å². The summed E-state index contributed by atoms with van der Waals surface area (Å²) in [6.07, 6.45) is 12.6. The first-order valence-corrected chi connectivity index (χ1v) is 11.0. The number of allylic oxidation sites excluding steroid dienone is 1. The fourth-order valence-corrected chi connectivity index (χ4v) is 4.98. The summed E-state index contributed by atoms with van der Waals surface area (Å²) in [5, 5.41) is 10.2. The van der Waals surface area contributed by atoms with E-state index in [1.807, 2.05) is 0 Å². The third-order valence-corrected chi connectivity index (χ3v) is 6.74. The molecule has 27 heavy (non-hydrogen) atoms. The zero-order valence-corrected chi connectivity index (χ0v) is 17.2. The number of benzene rings is 1. The lowest BCUT2D eigenvalue weighted by molar-refractivity contribution is 0.207. The number of nitrogens with zero attached hydrogens (tertiary/aromatic N) is 1. The molecule has 2 aliphatic rings. The van der Waals surface area contributed by atoms with Gasteiger partial charge >= 0.3 is 0 Å². The monoisotopic (exact) mass is 365 g/mol. The summed E-state index contributed by atoms with van der Waals surface area (Å²) in [6, 6.07) is 9.33. The molecule has 0 saturated heterocycles. The van der Waals surface area contributed by atoms with Crippen molar-refractivity contribution in [2.75, 3.05) is 0 Å². The number of hydrogen-bond acceptors (Lipinski definition) is 2. The minimum absolute atomic E-state index is 0.357. The van der Waals surface area contributed by atoms with Crippen LogP contribution in [0, 0.1) is 17.2 Å². The highest BCUT2D eigenvalue weighted by atomic mass is 16.5. The Morgan fingerprint density at radius 2 is 2.00 bits per heavy atom. The lowest BCUT2D eigenvalue weighted by atomic mass is 9.65. The van der Waals surface area contributed by atoms with Crippen LogP contribution >= 0.6 is 0 Å². The van der Waals surface area contributed by atoms with Crippen LogP contribution in [0.4, 0.5) is 0 Å². The van der Waals surface area contributed by atoms with Crippen LogP contribution in [0.5, 0.6) is 5.75 Å². The predicted molar refractivity (Wildman–Crippen MR) is 112 cm³/mol. The Morgan fingerprint density at radius 1 is 1.22 bits per heavy atom. The Kier molecular flexibility index (Phi) is 6.64. The van der Waals surface area contributed by atoms with Gasteiger partial charge in [-0.15, -0.1) is 0 Å². The molecular weight excluding hydrogens is 330 g/mol. The van der Waals surface area contributed by atoms with Gasteiger partial charge in [0, 0.05) is 0 Å². The number of ether oxygens (including phenoxy) is 1. The zero-order chi connectivity index (χ0) is 19.3. The fraction of sp³-hybridized carbons (Fsp3) is 0.640. The molecule has 2 saturated carbocycles. The van der Waals surface area contributed by atoms with Gasteiger partial charge in [0.1, 0.15) is 5.75 Å². The molecule has 0 bridgehead atoms. The van der Waals surface area contributed by atoms with Gasteiger partial charge in [-0.3, -0.25) is 0 Å². The van der Waals surface area contributed by atoms with Crippen molar-refractivity contribution in [2.45, 2.75) is 96.0 Å². The molecule has 0 spiro atoms. The smallest absolute Gasteiger partial charge is 0.123 e. The van der Waals surface area contributed by atoms with Crippen molar-refractivity contribution < 1.29 is 4.74 Å². The molecule has 2 heteroatoms. The molecule has 2 aliphatic carbocycles. The van der Waals surface area contributed by atoms with Gasteiger partial charge < -0.3 is 4.74 Å². The van der Waals surface area contributed by atoms with Crippen LogP contribution in [-0.2, 0) is 11.8 Å². The number of aryl methyl sites for hydroxylation is 1. The van der Waals surface area contributed by atoms with Crippen LogP contribution in [0.3, 0.4) is 0 Å². The van der Waals surface area contributed by atoms with Gasteiger partial charge in [0.05, 0.1) is 17.6 Å². The molecule has 2 fully saturated rings. The molecule has 0 radical (unpaired) electrons. The molecule has 2 atom stereocenters. The lowest BCUT2D eigenvalue weighted by Crippen LogP contribution is -2.32. The van der Waals surface area contributed by atoms with Crippen molar-refractivity contribution in [3.63, 3.8) is 0 Å². The van der Waals surface area contributed by atoms with Crippen molar-refractivity contribution in [1.82, 2.24) is 0 Å². The van der Waals surface area contributed by atoms with Gasteiger partial charge in [-0.2, -0.15) is 5.26 Å². The first-order valence-electron chi connectivity index (χ1n) is 11.0. The van der Waals surface area contributed by atoms with Gasteiger partial charge in [0.25, 0.3) is 0 Å². The van der Waals surface area contributed by atoms with E-state index in [9.17, 15) is 5.26 Å². The van der Waals surface area contributed by atoms with Crippen LogP contribution in [0.25, 0.3) is 0 Å². The third-order valence-electron chi connectivity index (χ3n) is 6.74. The van der Waals surface area contributed by atoms with Gasteiger partial charge in [0.15, 0.2) is 0 Å². The van der Waals surface area contributed by atoms with E-state index in [0.29, 0.717) is 12.0 Å². The minimum atomic E-state index is -0.364. The van der Waals surface area contributed by atoms with E-state index in [0.717, 1.165) is 57.1 Å². The highest BCUT2D eigenvalue weighted by molar-refractivity contribution is 5.44. The van der Waals surface area contributed by atoms with E-state index in [2.05, 4.69) is 44.7 Å². The van der Waals surface area contributed by atoms with E-state index < -0.39 is 0 Å². The first kappa shape index (κ1) is 20.0. The summed E-state index contributed by atoms with van der Waals surface area (Å²) in [6.45, 7) is 8.57. The molecule has 0 heterocycles. The quantitative estimate of drug-likeness (QED) is 0.493. The Hall–Kier alpha value is -1.75. The zero-order valence-electron chi connectivity index (χ0n) is 17.2. The molecule has 146 valence electrons. The largest absolute Gasteiger partial charge is 0.490 e. The normalized spacial score (nSPS) is 25.9. The number of rotatable bonds is 7. The van der Waals surface area contributed by atoms with Crippen molar-refractivity contribution in [1.29, 1.82) is 5.26 Å². The summed E-state index contributed by atoms with van der Waals surface area (Å²) in [5.74, 6) is 1.60. The Balaban J connectivity index is 1.85. The van der Waals surface area contributed by atoms with E-state index in [1.54, 1.807) is 0 Å². The SMILES string of the molecule is C=C(CC)CC1CCCC(C#N)(c2ccc(CC)c(OC3CCCC3)c2)C1. The van der Waals surface area contributed by atoms with Crippen molar-refractivity contribution in [3.05, 3.63) is 41.5 Å². The number of nitriles is 1. The summed E-state index contributed by atoms with van der Waals surface area (Å²) in [4.78, 5) is 0. The van der Waals surface area contributed by atoms with Crippen LogP contribution < -0.4 is 4.74 Å². The van der Waals surface area contributed by atoms with E-state index in [1.165, 1.54) is 36.0 Å². The first-order chi connectivity index (χ1) is 13.1. The van der Waals surface area contributed by atoms with Gasteiger partial charge in [-0.05, 0) is 80.9 Å². The second-order valence-corrected chi connectivity index (χ2v) is 8.66. The van der Waals surface area contributed by atoms with E-state index in [4.69, 9.17) is 4.74 Å². The second kappa shape index (κ2) is 8.96. The fourth-order valence-electron chi connectivity index (χ4n) is 4.98. The Morgan fingerprint density at radius 3 is 2.67 bits per heavy atom. The average molecular weight is 366 g/mol. The summed E-state index contributed by atoms with van der Waals surface area (Å²) in [5.41, 5.74) is 3.39. The maximum absolute atomic E-state index is 10.2. The molecule has 2 unspecified atom stereocenters. The summed E-state index contributed by atoms with van der Waals surface area (Å²) < 4.78 is 6.40. The summed E-state index contributed by atoms with van der Waals surface area (Å²) in [7, 11) is 0. The molecule has 0 N–H and O–H groups in total. The third kappa shape index (κ3) is 4.57. The molecule has 3 rings (SSSR count). The maximum atomic E-state index is 10.2. The molecule has 1 aromatic rings. The highest BCUT2D eigenvalue weighted by Gasteiger charge is 2.38. The highest BCUT2D eigenvalue weighted by Crippen LogP contribution is 2.45. The van der Waals surface area contributed by atoms with Gasteiger partial charge in [-0.1, -0.05) is 51.0 Å². The molecule has 0 amide bonds. The summed E-state index contributed by atoms with van der Waals surface area (Å²) >= 11 is 0. The molecule has 0 aliphatic heterocycles. The van der Waals surface area contributed by atoms with Crippen molar-refractivity contribution >= 4 is 0 Å². The molecular formula is C25H35NO. The predicted octanol–water partition coefficient (Wildman–Crippen LogP) is 6.88. The Bertz CT molecular complexity index is 695. The van der Waals surface area contributed by atoms with Gasteiger partial charge in [-0.25, -0.2) is 0 Å². The van der Waals surface area contributed by atoms with Crippen LogP contribution in [0.15, 0.2) is 30.4 Å². The number of hydrogen-bond donors (Lipinski definition) is 0. The Labute approximate surface area is 165 Å². The standard InChI is InChI=1S/C25H35NO/c1-4-19(3)15-20-9-8-14-25(17-20,18-26)22-13-12-21(5-2)24(16-22)27-23-10-6-7-11-23/h12-13,16,20,23H,3-11,14-15,17H2,1-2H3. The minimum Gasteiger partial charge on any atom is -0.490 e. The average Bonchev–Trinajstić information content (AvgIpc) is 3.21. The molecule has 1 aromatic carbocycles. The molecule has 0 aromatic heterocycles. The maximum Gasteiger partial charge on any atom is 0.123 e.